The molecule has 3 aromatic rings. The predicted molar refractivity (Wildman–Crippen MR) is 112 cm³/mol. The van der Waals surface area contributed by atoms with E-state index in [0.717, 1.165) is 16.8 Å². The molecule has 0 radical (unpaired) electrons. The quantitative estimate of drug-likeness (QED) is 0.635. The van der Waals surface area contributed by atoms with Gasteiger partial charge in [-0.25, -0.2) is 14.8 Å². The number of hydrogen-bond donors (Lipinski definition) is 2. The summed E-state index contributed by atoms with van der Waals surface area (Å²) < 4.78 is 4.74. The summed E-state index contributed by atoms with van der Waals surface area (Å²) in [4.78, 5) is 33.0. The van der Waals surface area contributed by atoms with Crippen molar-refractivity contribution in [1.82, 2.24) is 9.97 Å². The molecule has 1 aromatic heterocycles. The number of amides is 1. The van der Waals surface area contributed by atoms with Crippen molar-refractivity contribution in [2.24, 2.45) is 0 Å². The Morgan fingerprint density at radius 1 is 0.966 bits per heavy atom. The summed E-state index contributed by atoms with van der Waals surface area (Å²) in [6.07, 6.45) is 0. The SMILES string of the molecule is COC(=O)c1cccc(Nc2cc(C(=O)Nc3cc(C)ccc3C)nc(C)n2)c1. The number of aromatic nitrogens is 2. The summed E-state index contributed by atoms with van der Waals surface area (Å²) in [6.45, 7) is 5.61. The maximum absolute atomic E-state index is 12.7. The summed E-state index contributed by atoms with van der Waals surface area (Å²) >= 11 is 0. The van der Waals surface area contributed by atoms with Crippen LogP contribution in [0.15, 0.2) is 48.5 Å². The zero-order valence-corrected chi connectivity index (χ0v) is 16.7. The van der Waals surface area contributed by atoms with Crippen LogP contribution in [0.5, 0.6) is 0 Å². The van der Waals surface area contributed by atoms with Gasteiger partial charge in [0.05, 0.1) is 12.7 Å². The maximum atomic E-state index is 12.7. The summed E-state index contributed by atoms with van der Waals surface area (Å²) in [5.74, 6) is 0.146. The topological polar surface area (TPSA) is 93.2 Å². The molecule has 0 saturated carbocycles. The molecular weight excluding hydrogens is 368 g/mol. The largest absolute Gasteiger partial charge is 0.465 e. The van der Waals surface area contributed by atoms with E-state index >= 15 is 0 Å². The van der Waals surface area contributed by atoms with Crippen LogP contribution in [0.25, 0.3) is 0 Å². The Morgan fingerprint density at radius 2 is 1.76 bits per heavy atom. The van der Waals surface area contributed by atoms with Gasteiger partial charge in [-0.15, -0.1) is 0 Å². The monoisotopic (exact) mass is 390 g/mol. The third-order valence-corrected chi connectivity index (χ3v) is 4.27. The Bertz CT molecular complexity index is 1080. The first-order chi connectivity index (χ1) is 13.9. The number of nitrogens with zero attached hydrogens (tertiary/aromatic N) is 2. The molecule has 1 amide bonds. The highest BCUT2D eigenvalue weighted by atomic mass is 16.5. The second kappa shape index (κ2) is 8.52. The van der Waals surface area contributed by atoms with Crippen LogP contribution >= 0.6 is 0 Å². The fourth-order valence-corrected chi connectivity index (χ4v) is 2.79. The van der Waals surface area contributed by atoms with Gasteiger partial charge in [0.2, 0.25) is 0 Å². The van der Waals surface area contributed by atoms with E-state index in [1.807, 2.05) is 32.0 Å². The Morgan fingerprint density at radius 3 is 2.52 bits per heavy atom. The molecule has 1 heterocycles. The van der Waals surface area contributed by atoms with Gasteiger partial charge in [-0.05, 0) is 56.2 Å². The number of methoxy groups -OCH3 is 1. The van der Waals surface area contributed by atoms with Gasteiger partial charge in [-0.2, -0.15) is 0 Å². The average molecular weight is 390 g/mol. The minimum absolute atomic E-state index is 0.241. The molecule has 0 saturated heterocycles. The van der Waals surface area contributed by atoms with Crippen LogP contribution in [-0.4, -0.2) is 29.0 Å². The zero-order valence-electron chi connectivity index (χ0n) is 16.7. The van der Waals surface area contributed by atoms with E-state index in [9.17, 15) is 9.59 Å². The number of anilines is 3. The molecule has 7 nitrogen and oxygen atoms in total. The van der Waals surface area contributed by atoms with E-state index in [1.165, 1.54) is 7.11 Å². The number of aryl methyl sites for hydroxylation is 3. The van der Waals surface area contributed by atoms with Crippen LogP contribution in [0.1, 0.15) is 37.8 Å². The third-order valence-electron chi connectivity index (χ3n) is 4.27. The normalized spacial score (nSPS) is 10.3. The summed E-state index contributed by atoms with van der Waals surface area (Å²) in [5.41, 5.74) is 4.06. The van der Waals surface area contributed by atoms with Crippen LogP contribution in [0, 0.1) is 20.8 Å². The fraction of sp³-hybridized carbons (Fsp3) is 0.182. The van der Waals surface area contributed by atoms with Gasteiger partial charge in [0.1, 0.15) is 17.3 Å². The molecule has 7 heteroatoms. The van der Waals surface area contributed by atoms with Crippen molar-refractivity contribution in [3.8, 4) is 0 Å². The van der Waals surface area contributed by atoms with Crippen molar-refractivity contribution < 1.29 is 14.3 Å². The van der Waals surface area contributed by atoms with Crippen molar-refractivity contribution in [2.75, 3.05) is 17.7 Å². The number of benzene rings is 2. The molecule has 0 atom stereocenters. The van der Waals surface area contributed by atoms with E-state index < -0.39 is 5.97 Å². The second-order valence-corrected chi connectivity index (χ2v) is 6.66. The second-order valence-electron chi connectivity index (χ2n) is 6.66. The molecule has 2 aromatic carbocycles. The summed E-state index contributed by atoms with van der Waals surface area (Å²) in [5, 5.41) is 6.00. The number of ether oxygens (including phenoxy) is 1. The lowest BCUT2D eigenvalue weighted by molar-refractivity contribution is 0.0600. The van der Waals surface area contributed by atoms with Crippen LogP contribution in [-0.2, 0) is 4.74 Å². The number of hydrogen-bond acceptors (Lipinski definition) is 6. The van der Waals surface area contributed by atoms with Gasteiger partial charge < -0.3 is 15.4 Å². The van der Waals surface area contributed by atoms with Crippen LogP contribution in [0.2, 0.25) is 0 Å². The Hall–Kier alpha value is -3.74. The molecule has 0 fully saturated rings. The van der Waals surface area contributed by atoms with Gasteiger partial charge in [-0.1, -0.05) is 18.2 Å². The van der Waals surface area contributed by atoms with E-state index in [-0.39, 0.29) is 11.6 Å². The van der Waals surface area contributed by atoms with E-state index in [4.69, 9.17) is 4.74 Å². The van der Waals surface area contributed by atoms with Crippen molar-refractivity contribution in [3.05, 3.63) is 76.7 Å². The molecule has 0 aliphatic heterocycles. The average Bonchev–Trinajstić information content (AvgIpc) is 2.69. The first-order valence-corrected chi connectivity index (χ1v) is 9.05. The van der Waals surface area contributed by atoms with Crippen LogP contribution < -0.4 is 10.6 Å². The predicted octanol–water partition coefficient (Wildman–Crippen LogP) is 4.18. The molecular formula is C22H22N4O3. The fourth-order valence-electron chi connectivity index (χ4n) is 2.79. The molecule has 0 bridgehead atoms. The van der Waals surface area contributed by atoms with Crippen molar-refractivity contribution >= 4 is 29.1 Å². The van der Waals surface area contributed by atoms with E-state index in [0.29, 0.717) is 22.9 Å². The lowest BCUT2D eigenvalue weighted by atomic mass is 10.1. The first-order valence-electron chi connectivity index (χ1n) is 9.05. The highest BCUT2D eigenvalue weighted by Gasteiger charge is 2.13. The standard InChI is InChI=1S/C22H22N4O3/c1-13-8-9-14(2)18(10-13)26-21(27)19-12-20(24-15(3)23-19)25-17-7-5-6-16(11-17)22(28)29-4/h5-12H,1-4H3,(H,26,27)(H,23,24,25). The maximum Gasteiger partial charge on any atom is 0.337 e. The van der Waals surface area contributed by atoms with Crippen molar-refractivity contribution in [3.63, 3.8) is 0 Å². The van der Waals surface area contributed by atoms with Crippen LogP contribution in [0.3, 0.4) is 0 Å². The number of carbonyl (C=O) groups excluding carboxylic acids is 2. The summed E-state index contributed by atoms with van der Waals surface area (Å²) in [6, 6.07) is 14.3. The number of carbonyl (C=O) groups is 2. The highest BCUT2D eigenvalue weighted by molar-refractivity contribution is 6.03. The molecule has 2 N–H and O–H groups in total. The lowest BCUT2D eigenvalue weighted by Gasteiger charge is -2.11. The molecule has 0 spiro atoms. The number of rotatable bonds is 5. The van der Waals surface area contributed by atoms with Gasteiger partial charge in [0, 0.05) is 17.4 Å². The molecule has 148 valence electrons. The Kier molecular flexibility index (Phi) is 5.87. The molecule has 0 aliphatic carbocycles. The smallest absolute Gasteiger partial charge is 0.337 e. The van der Waals surface area contributed by atoms with Gasteiger partial charge in [-0.3, -0.25) is 4.79 Å². The first kappa shape index (κ1) is 20.0. The number of esters is 1. The van der Waals surface area contributed by atoms with Crippen molar-refractivity contribution in [2.45, 2.75) is 20.8 Å². The highest BCUT2D eigenvalue weighted by Crippen LogP contribution is 2.20. The minimum Gasteiger partial charge on any atom is -0.465 e. The molecule has 0 unspecified atom stereocenters. The summed E-state index contributed by atoms with van der Waals surface area (Å²) in [7, 11) is 1.33. The molecule has 3 rings (SSSR count). The molecule has 0 aliphatic rings. The number of nitrogens with one attached hydrogen (secondary N) is 2. The molecule has 29 heavy (non-hydrogen) atoms. The Labute approximate surface area is 169 Å². The third kappa shape index (κ3) is 4.95. The Balaban J connectivity index is 1.84. The van der Waals surface area contributed by atoms with E-state index in [2.05, 4.69) is 20.6 Å². The van der Waals surface area contributed by atoms with Gasteiger partial charge in [0.25, 0.3) is 5.91 Å². The van der Waals surface area contributed by atoms with Gasteiger partial charge >= 0.3 is 5.97 Å². The van der Waals surface area contributed by atoms with E-state index in [1.54, 1.807) is 37.3 Å². The van der Waals surface area contributed by atoms with Gasteiger partial charge in [0.15, 0.2) is 0 Å². The minimum atomic E-state index is -0.430. The lowest BCUT2D eigenvalue weighted by Crippen LogP contribution is -2.16. The van der Waals surface area contributed by atoms with Crippen molar-refractivity contribution in [1.29, 1.82) is 0 Å². The van der Waals surface area contributed by atoms with Crippen LogP contribution in [0.4, 0.5) is 17.2 Å². The zero-order chi connectivity index (χ0) is 21.0.